The van der Waals surface area contributed by atoms with Gasteiger partial charge in [-0.2, -0.15) is 0 Å². The van der Waals surface area contributed by atoms with Crippen molar-refractivity contribution in [2.45, 2.75) is 6.92 Å². The first kappa shape index (κ1) is 8.69. The van der Waals surface area contributed by atoms with E-state index in [4.69, 9.17) is 0 Å². The van der Waals surface area contributed by atoms with Crippen LogP contribution >= 0.6 is 0 Å². The summed E-state index contributed by atoms with van der Waals surface area (Å²) in [6, 6.07) is 7.78. The van der Waals surface area contributed by atoms with E-state index in [1.54, 1.807) is 6.20 Å². The van der Waals surface area contributed by atoms with E-state index in [-0.39, 0.29) is 0 Å². The number of carbonyl (C=O) groups excluding carboxylic acids is 1. The molecule has 1 amide bonds. The van der Waals surface area contributed by atoms with Crippen molar-refractivity contribution in [2.24, 2.45) is 0 Å². The van der Waals surface area contributed by atoms with Gasteiger partial charge in [0.2, 0.25) is 6.41 Å². The topological polar surface area (TPSA) is 42.0 Å². The number of anilines is 1. The summed E-state index contributed by atoms with van der Waals surface area (Å²) in [4.78, 5) is 14.5. The quantitative estimate of drug-likeness (QED) is 0.730. The van der Waals surface area contributed by atoms with Crippen molar-refractivity contribution in [1.29, 1.82) is 0 Å². The molecule has 3 heteroatoms. The molecule has 70 valence electrons. The average molecular weight is 186 g/mol. The molecule has 0 saturated carbocycles. The number of nitrogens with one attached hydrogen (secondary N) is 1. The van der Waals surface area contributed by atoms with E-state index >= 15 is 0 Å². The van der Waals surface area contributed by atoms with Gasteiger partial charge < -0.3 is 5.32 Å². The number of benzene rings is 1. The van der Waals surface area contributed by atoms with E-state index < -0.39 is 0 Å². The fourth-order valence-corrected chi connectivity index (χ4v) is 1.45. The molecule has 0 unspecified atom stereocenters. The van der Waals surface area contributed by atoms with Crippen LogP contribution in [0.15, 0.2) is 30.5 Å². The number of nitrogens with zero attached hydrogens (tertiary/aromatic N) is 1. The van der Waals surface area contributed by atoms with Crippen molar-refractivity contribution in [3.8, 4) is 0 Å². The number of rotatable bonds is 2. The van der Waals surface area contributed by atoms with Crippen LogP contribution in [-0.2, 0) is 4.79 Å². The Morgan fingerprint density at radius 3 is 3.07 bits per heavy atom. The highest BCUT2D eigenvalue weighted by Crippen LogP contribution is 2.21. The number of carbonyl (C=O) groups is 1. The fourth-order valence-electron chi connectivity index (χ4n) is 1.45. The number of hydrogen-bond acceptors (Lipinski definition) is 2. The molecule has 1 aromatic heterocycles. The van der Waals surface area contributed by atoms with Crippen molar-refractivity contribution < 1.29 is 4.79 Å². The third-order valence-electron chi connectivity index (χ3n) is 2.16. The molecule has 14 heavy (non-hydrogen) atoms. The Hall–Kier alpha value is -1.90. The summed E-state index contributed by atoms with van der Waals surface area (Å²) in [5, 5.41) is 3.73. The molecule has 0 fully saturated rings. The number of fused-ring (bicyclic) bond motifs is 1. The number of aryl methyl sites for hydroxylation is 1. The zero-order chi connectivity index (χ0) is 9.97. The molecule has 0 bridgehead atoms. The zero-order valence-electron chi connectivity index (χ0n) is 7.82. The van der Waals surface area contributed by atoms with Gasteiger partial charge in [0.15, 0.2) is 0 Å². The predicted octanol–water partition coefficient (Wildman–Crippen LogP) is 2.11. The summed E-state index contributed by atoms with van der Waals surface area (Å²) in [6.07, 6.45) is 2.42. The summed E-state index contributed by atoms with van der Waals surface area (Å²) >= 11 is 0. The highest BCUT2D eigenvalue weighted by Gasteiger charge is 2.00. The lowest BCUT2D eigenvalue weighted by molar-refractivity contribution is -0.105. The number of aromatic nitrogens is 1. The van der Waals surface area contributed by atoms with Gasteiger partial charge >= 0.3 is 0 Å². The highest BCUT2D eigenvalue weighted by atomic mass is 16.1. The van der Waals surface area contributed by atoms with E-state index in [0.29, 0.717) is 6.41 Å². The van der Waals surface area contributed by atoms with Gasteiger partial charge in [0.1, 0.15) is 0 Å². The van der Waals surface area contributed by atoms with Crippen molar-refractivity contribution in [3.63, 3.8) is 0 Å². The van der Waals surface area contributed by atoms with Crippen molar-refractivity contribution >= 4 is 23.0 Å². The van der Waals surface area contributed by atoms with Crippen LogP contribution in [0.4, 0.5) is 5.69 Å². The van der Waals surface area contributed by atoms with Gasteiger partial charge in [0, 0.05) is 17.3 Å². The van der Waals surface area contributed by atoms with Crippen LogP contribution in [0.2, 0.25) is 0 Å². The van der Waals surface area contributed by atoms with E-state index in [2.05, 4.69) is 10.3 Å². The number of hydrogen-bond donors (Lipinski definition) is 1. The lowest BCUT2D eigenvalue weighted by Crippen LogP contribution is -1.96. The molecule has 0 aliphatic carbocycles. The summed E-state index contributed by atoms with van der Waals surface area (Å²) in [6.45, 7) is 1.96. The van der Waals surface area contributed by atoms with Crippen molar-refractivity contribution in [1.82, 2.24) is 4.98 Å². The Morgan fingerprint density at radius 1 is 1.43 bits per heavy atom. The molecule has 0 aliphatic heterocycles. The second-order valence-corrected chi connectivity index (χ2v) is 3.13. The maximum atomic E-state index is 10.3. The van der Waals surface area contributed by atoms with Gasteiger partial charge in [-0.1, -0.05) is 6.07 Å². The van der Waals surface area contributed by atoms with Crippen molar-refractivity contribution in [2.75, 3.05) is 5.32 Å². The minimum absolute atomic E-state index is 0.678. The first-order chi connectivity index (χ1) is 6.81. The number of amides is 1. The van der Waals surface area contributed by atoms with Crippen LogP contribution in [0.3, 0.4) is 0 Å². The van der Waals surface area contributed by atoms with E-state index in [1.807, 2.05) is 31.2 Å². The lowest BCUT2D eigenvalue weighted by atomic mass is 10.1. The average Bonchev–Trinajstić information content (AvgIpc) is 2.19. The molecule has 3 nitrogen and oxygen atoms in total. The standard InChI is InChI=1S/C11H10N2O/c1-8-5-9-3-2-4-12-11(9)6-10(8)13-7-14/h2-7H,1H3,(H,13,14). The molecule has 0 atom stereocenters. The Bertz CT molecular complexity index is 480. The molecule has 1 aromatic carbocycles. The maximum Gasteiger partial charge on any atom is 0.211 e. The van der Waals surface area contributed by atoms with Gasteiger partial charge in [-0.3, -0.25) is 9.78 Å². The third-order valence-corrected chi connectivity index (χ3v) is 2.16. The second-order valence-electron chi connectivity index (χ2n) is 3.13. The van der Waals surface area contributed by atoms with E-state index in [9.17, 15) is 4.79 Å². The minimum atomic E-state index is 0.678. The van der Waals surface area contributed by atoms with Gasteiger partial charge in [-0.15, -0.1) is 0 Å². The Balaban J connectivity index is 2.64. The van der Waals surface area contributed by atoms with E-state index in [1.165, 1.54) is 0 Å². The summed E-state index contributed by atoms with van der Waals surface area (Å²) in [5.41, 5.74) is 2.74. The third kappa shape index (κ3) is 1.44. The summed E-state index contributed by atoms with van der Waals surface area (Å²) < 4.78 is 0. The minimum Gasteiger partial charge on any atom is -0.328 e. The van der Waals surface area contributed by atoms with Crippen LogP contribution < -0.4 is 5.32 Å². The smallest absolute Gasteiger partial charge is 0.211 e. The molecular weight excluding hydrogens is 176 g/mol. The Morgan fingerprint density at radius 2 is 2.29 bits per heavy atom. The van der Waals surface area contributed by atoms with Crippen LogP contribution in [-0.4, -0.2) is 11.4 Å². The largest absolute Gasteiger partial charge is 0.328 e. The summed E-state index contributed by atoms with van der Waals surface area (Å²) in [7, 11) is 0. The van der Waals surface area contributed by atoms with Crippen molar-refractivity contribution in [3.05, 3.63) is 36.0 Å². The van der Waals surface area contributed by atoms with Gasteiger partial charge in [0.25, 0.3) is 0 Å². The SMILES string of the molecule is Cc1cc2cccnc2cc1NC=O. The lowest BCUT2D eigenvalue weighted by Gasteiger charge is -2.05. The van der Waals surface area contributed by atoms with Crippen LogP contribution in [0.25, 0.3) is 10.9 Å². The zero-order valence-corrected chi connectivity index (χ0v) is 7.82. The van der Waals surface area contributed by atoms with Gasteiger partial charge in [-0.05, 0) is 30.7 Å². The Kier molecular flexibility index (Phi) is 2.14. The first-order valence-electron chi connectivity index (χ1n) is 4.37. The molecule has 0 spiro atoms. The molecule has 0 aliphatic rings. The fraction of sp³-hybridized carbons (Fsp3) is 0.0909. The maximum absolute atomic E-state index is 10.3. The van der Waals surface area contributed by atoms with E-state index in [0.717, 1.165) is 22.2 Å². The summed E-state index contributed by atoms with van der Waals surface area (Å²) in [5.74, 6) is 0. The first-order valence-corrected chi connectivity index (χ1v) is 4.37. The second kappa shape index (κ2) is 3.46. The van der Waals surface area contributed by atoms with Crippen LogP contribution in [0, 0.1) is 6.92 Å². The molecule has 1 N–H and O–H groups in total. The molecule has 2 aromatic rings. The molecule has 0 saturated heterocycles. The highest BCUT2D eigenvalue weighted by molar-refractivity contribution is 5.86. The Labute approximate surface area is 81.8 Å². The molecule has 2 rings (SSSR count). The number of pyridine rings is 1. The predicted molar refractivity (Wildman–Crippen MR) is 56.2 cm³/mol. The molecular formula is C11H10N2O. The van der Waals surface area contributed by atoms with Crippen LogP contribution in [0.1, 0.15) is 5.56 Å². The monoisotopic (exact) mass is 186 g/mol. The van der Waals surface area contributed by atoms with Gasteiger partial charge in [0.05, 0.1) is 5.52 Å². The molecule has 1 heterocycles. The van der Waals surface area contributed by atoms with Gasteiger partial charge in [-0.25, -0.2) is 0 Å². The normalized spacial score (nSPS) is 10.1. The van der Waals surface area contributed by atoms with Crippen LogP contribution in [0.5, 0.6) is 0 Å². The molecule has 0 radical (unpaired) electrons.